The van der Waals surface area contributed by atoms with Gasteiger partial charge in [0.15, 0.2) is 5.78 Å². The Kier molecular flexibility index (Phi) is 4.38. The SMILES string of the molecule is CC(=O)c1nc(-c2ccncc2)sc1CN1CCOCC1. The van der Waals surface area contributed by atoms with Crippen molar-refractivity contribution >= 4 is 17.1 Å². The fourth-order valence-corrected chi connectivity index (χ4v) is 3.47. The number of rotatable bonds is 4. The maximum absolute atomic E-state index is 11.8. The summed E-state index contributed by atoms with van der Waals surface area (Å²) in [6.45, 7) is 5.66. The van der Waals surface area contributed by atoms with E-state index < -0.39 is 0 Å². The third-order valence-electron chi connectivity index (χ3n) is 3.43. The predicted octanol–water partition coefficient (Wildman–Crippen LogP) is 2.24. The molecule has 3 rings (SSSR count). The van der Waals surface area contributed by atoms with Crippen LogP contribution in [0.2, 0.25) is 0 Å². The summed E-state index contributed by atoms with van der Waals surface area (Å²) in [6, 6.07) is 3.84. The van der Waals surface area contributed by atoms with Crippen LogP contribution in [0.15, 0.2) is 24.5 Å². The minimum Gasteiger partial charge on any atom is -0.379 e. The Balaban J connectivity index is 1.88. The highest BCUT2D eigenvalue weighted by Crippen LogP contribution is 2.29. The van der Waals surface area contributed by atoms with Gasteiger partial charge in [-0.05, 0) is 12.1 Å². The molecule has 1 fully saturated rings. The van der Waals surface area contributed by atoms with E-state index in [9.17, 15) is 4.79 Å². The van der Waals surface area contributed by atoms with Crippen molar-refractivity contribution in [2.24, 2.45) is 0 Å². The van der Waals surface area contributed by atoms with E-state index in [2.05, 4.69) is 14.9 Å². The Hall–Kier alpha value is -1.63. The van der Waals surface area contributed by atoms with E-state index in [0.29, 0.717) is 5.69 Å². The highest BCUT2D eigenvalue weighted by Gasteiger charge is 2.19. The van der Waals surface area contributed by atoms with E-state index in [0.717, 1.165) is 48.3 Å². The molecule has 0 amide bonds. The molecule has 1 saturated heterocycles. The molecule has 1 aliphatic rings. The second-order valence-corrected chi connectivity index (χ2v) is 6.06. The number of pyridine rings is 1. The van der Waals surface area contributed by atoms with Gasteiger partial charge < -0.3 is 4.74 Å². The van der Waals surface area contributed by atoms with Gasteiger partial charge in [-0.1, -0.05) is 0 Å². The zero-order valence-corrected chi connectivity index (χ0v) is 12.7. The molecule has 3 heterocycles. The smallest absolute Gasteiger partial charge is 0.179 e. The number of hydrogen-bond acceptors (Lipinski definition) is 6. The minimum absolute atomic E-state index is 0.0230. The molecule has 0 saturated carbocycles. The van der Waals surface area contributed by atoms with E-state index >= 15 is 0 Å². The first-order valence-electron chi connectivity index (χ1n) is 6.95. The van der Waals surface area contributed by atoms with Crippen molar-refractivity contribution in [1.29, 1.82) is 0 Å². The molecule has 0 radical (unpaired) electrons. The van der Waals surface area contributed by atoms with Crippen molar-refractivity contribution in [2.45, 2.75) is 13.5 Å². The number of thiazole rings is 1. The summed E-state index contributed by atoms with van der Waals surface area (Å²) in [5, 5.41) is 0.880. The molecule has 0 spiro atoms. The lowest BCUT2D eigenvalue weighted by molar-refractivity contribution is 0.0345. The normalized spacial score (nSPS) is 16.0. The van der Waals surface area contributed by atoms with Gasteiger partial charge >= 0.3 is 0 Å². The first kappa shape index (κ1) is 14.3. The molecular weight excluding hydrogens is 286 g/mol. The summed E-state index contributed by atoms with van der Waals surface area (Å²) in [6.07, 6.45) is 3.48. The van der Waals surface area contributed by atoms with Crippen molar-refractivity contribution < 1.29 is 9.53 Å². The topological polar surface area (TPSA) is 55.3 Å². The number of Topliss-reactive ketones (excluding diaryl/α,β-unsaturated/α-hetero) is 1. The minimum atomic E-state index is 0.0230. The number of morpholine rings is 1. The molecule has 0 bridgehead atoms. The van der Waals surface area contributed by atoms with Crippen molar-refractivity contribution in [3.8, 4) is 10.6 Å². The summed E-state index contributed by atoms with van der Waals surface area (Å²) in [5.41, 5.74) is 1.60. The first-order valence-corrected chi connectivity index (χ1v) is 7.77. The van der Waals surface area contributed by atoms with E-state index in [1.54, 1.807) is 30.7 Å². The second-order valence-electron chi connectivity index (χ2n) is 4.97. The number of ether oxygens (including phenoxy) is 1. The summed E-state index contributed by atoms with van der Waals surface area (Å²) >= 11 is 1.59. The lowest BCUT2D eigenvalue weighted by Gasteiger charge is -2.26. The number of aromatic nitrogens is 2. The zero-order valence-electron chi connectivity index (χ0n) is 11.9. The number of hydrogen-bond donors (Lipinski definition) is 0. The molecule has 5 nitrogen and oxygen atoms in total. The van der Waals surface area contributed by atoms with Crippen molar-refractivity contribution in [3.63, 3.8) is 0 Å². The van der Waals surface area contributed by atoms with Gasteiger partial charge in [-0.2, -0.15) is 0 Å². The van der Waals surface area contributed by atoms with Crippen molar-refractivity contribution in [1.82, 2.24) is 14.9 Å². The van der Waals surface area contributed by atoms with Gasteiger partial charge in [-0.15, -0.1) is 11.3 Å². The van der Waals surface area contributed by atoms with E-state index in [1.165, 1.54) is 0 Å². The maximum atomic E-state index is 11.8. The monoisotopic (exact) mass is 303 g/mol. The van der Waals surface area contributed by atoms with Gasteiger partial charge in [0.25, 0.3) is 0 Å². The molecule has 1 aliphatic heterocycles. The average molecular weight is 303 g/mol. The molecule has 2 aromatic rings. The summed E-state index contributed by atoms with van der Waals surface area (Å²) in [5.74, 6) is 0.0230. The molecule has 0 unspecified atom stereocenters. The van der Waals surface area contributed by atoms with Crippen LogP contribution in [0.5, 0.6) is 0 Å². The number of ketones is 1. The van der Waals surface area contributed by atoms with Crippen molar-refractivity contribution in [2.75, 3.05) is 26.3 Å². The molecule has 110 valence electrons. The lowest BCUT2D eigenvalue weighted by atomic mass is 10.2. The largest absolute Gasteiger partial charge is 0.379 e. The van der Waals surface area contributed by atoms with Crippen LogP contribution in [-0.2, 0) is 11.3 Å². The van der Waals surface area contributed by atoms with Gasteiger partial charge in [0.1, 0.15) is 10.7 Å². The summed E-state index contributed by atoms with van der Waals surface area (Å²) in [7, 11) is 0. The molecular formula is C15H17N3O2S. The molecule has 6 heteroatoms. The van der Waals surface area contributed by atoms with Gasteiger partial charge in [0.05, 0.1) is 18.1 Å². The lowest BCUT2D eigenvalue weighted by Crippen LogP contribution is -2.35. The van der Waals surface area contributed by atoms with Crippen LogP contribution in [0, 0.1) is 0 Å². The third-order valence-corrected chi connectivity index (χ3v) is 4.52. The number of carbonyl (C=O) groups excluding carboxylic acids is 1. The average Bonchev–Trinajstić information content (AvgIpc) is 2.93. The molecule has 21 heavy (non-hydrogen) atoms. The second kappa shape index (κ2) is 6.43. The van der Waals surface area contributed by atoms with Crippen LogP contribution in [0.4, 0.5) is 0 Å². The van der Waals surface area contributed by atoms with Crippen LogP contribution >= 0.6 is 11.3 Å². The Morgan fingerprint density at radius 3 is 2.71 bits per heavy atom. The summed E-state index contributed by atoms with van der Waals surface area (Å²) < 4.78 is 5.36. The van der Waals surface area contributed by atoms with E-state index in [4.69, 9.17) is 4.74 Å². The maximum Gasteiger partial charge on any atom is 0.179 e. The van der Waals surface area contributed by atoms with Crippen LogP contribution in [0.25, 0.3) is 10.6 Å². The fourth-order valence-electron chi connectivity index (χ4n) is 2.31. The van der Waals surface area contributed by atoms with Crippen LogP contribution in [0.3, 0.4) is 0 Å². The third kappa shape index (κ3) is 3.34. The standard InChI is InChI=1S/C15H17N3O2S/c1-11(19)14-13(10-18-6-8-20-9-7-18)21-15(17-14)12-2-4-16-5-3-12/h2-5H,6-10H2,1H3. The molecule has 0 atom stereocenters. The Labute approximate surface area is 127 Å². The Morgan fingerprint density at radius 1 is 1.33 bits per heavy atom. The highest BCUT2D eigenvalue weighted by atomic mass is 32.1. The Morgan fingerprint density at radius 2 is 2.05 bits per heavy atom. The Bertz CT molecular complexity index is 621. The molecule has 2 aromatic heterocycles. The molecule has 0 aliphatic carbocycles. The van der Waals surface area contributed by atoms with Gasteiger partial charge in [0, 0.05) is 44.5 Å². The zero-order chi connectivity index (χ0) is 14.7. The van der Waals surface area contributed by atoms with Crippen LogP contribution in [-0.4, -0.2) is 47.0 Å². The molecule has 0 aromatic carbocycles. The highest BCUT2D eigenvalue weighted by molar-refractivity contribution is 7.15. The van der Waals surface area contributed by atoms with Gasteiger partial charge in [-0.3, -0.25) is 14.7 Å². The van der Waals surface area contributed by atoms with E-state index in [1.807, 2.05) is 12.1 Å². The molecule has 0 N–H and O–H groups in total. The fraction of sp³-hybridized carbons (Fsp3) is 0.400. The quantitative estimate of drug-likeness (QED) is 0.811. The van der Waals surface area contributed by atoms with Crippen LogP contribution in [0.1, 0.15) is 22.3 Å². The van der Waals surface area contributed by atoms with Crippen molar-refractivity contribution in [3.05, 3.63) is 35.1 Å². The van der Waals surface area contributed by atoms with E-state index in [-0.39, 0.29) is 5.78 Å². The number of carbonyl (C=O) groups is 1. The summed E-state index contributed by atoms with van der Waals surface area (Å²) in [4.78, 5) is 23.7. The van der Waals surface area contributed by atoms with Gasteiger partial charge in [-0.25, -0.2) is 4.98 Å². The predicted molar refractivity (Wildman–Crippen MR) is 81.4 cm³/mol. The first-order chi connectivity index (χ1) is 10.2. The van der Waals surface area contributed by atoms with Crippen LogP contribution < -0.4 is 0 Å². The number of nitrogens with zero attached hydrogens (tertiary/aromatic N) is 3. The van der Waals surface area contributed by atoms with Gasteiger partial charge in [0.2, 0.25) is 0 Å².